The lowest BCUT2D eigenvalue weighted by Gasteiger charge is -2.43. The molecule has 9 heteroatoms. The van der Waals surface area contributed by atoms with Crippen LogP contribution in [0.25, 0.3) is 0 Å². The lowest BCUT2D eigenvalue weighted by atomic mass is 9.95. The van der Waals surface area contributed by atoms with Crippen molar-refractivity contribution in [3.63, 3.8) is 0 Å². The van der Waals surface area contributed by atoms with E-state index in [0.717, 1.165) is 37.9 Å². The maximum absolute atomic E-state index is 13.4. The summed E-state index contributed by atoms with van der Waals surface area (Å²) in [5.74, 6) is 0.716. The van der Waals surface area contributed by atoms with Crippen LogP contribution in [0, 0.1) is 6.92 Å². The van der Waals surface area contributed by atoms with Crippen molar-refractivity contribution in [1.82, 2.24) is 14.8 Å². The molecule has 2 aromatic rings. The van der Waals surface area contributed by atoms with E-state index in [1.165, 1.54) is 7.11 Å². The van der Waals surface area contributed by atoms with Crippen molar-refractivity contribution in [1.29, 1.82) is 0 Å². The minimum Gasteiger partial charge on any atom is -0.490 e. The maximum Gasteiger partial charge on any atom is 0.259 e. The van der Waals surface area contributed by atoms with Crippen LogP contribution in [0.15, 0.2) is 36.5 Å². The standard InChI is InChI=1S/C26H32ClN3O5/c1-19-15-20(8-9-22(19)27)34-18-26(16-23(31)29-11-4-3-5-12-29)17-30(13-14-35-26)25(32)21-7-6-10-28-24(21)33-2/h6-10,15H,3-5,11-14,16-18H2,1-2H3/t26-/m0/s1. The summed E-state index contributed by atoms with van der Waals surface area (Å²) in [6.45, 7) is 4.45. The lowest BCUT2D eigenvalue weighted by Crippen LogP contribution is -2.58. The predicted molar refractivity (Wildman–Crippen MR) is 132 cm³/mol. The van der Waals surface area contributed by atoms with Gasteiger partial charge in [0.15, 0.2) is 0 Å². The molecule has 2 aliphatic heterocycles. The normalized spacial score (nSPS) is 20.4. The number of pyridine rings is 1. The van der Waals surface area contributed by atoms with E-state index in [2.05, 4.69) is 4.98 Å². The van der Waals surface area contributed by atoms with Crippen LogP contribution in [0.3, 0.4) is 0 Å². The number of likely N-dealkylation sites (tertiary alicyclic amines) is 1. The Morgan fingerprint density at radius 2 is 1.94 bits per heavy atom. The monoisotopic (exact) mass is 501 g/mol. The molecule has 0 unspecified atom stereocenters. The number of amides is 2. The van der Waals surface area contributed by atoms with Gasteiger partial charge in [0, 0.05) is 30.9 Å². The van der Waals surface area contributed by atoms with Crippen LogP contribution in [0.2, 0.25) is 5.02 Å². The van der Waals surface area contributed by atoms with Gasteiger partial charge in [-0.05, 0) is 62.1 Å². The van der Waals surface area contributed by atoms with Crippen molar-refractivity contribution >= 4 is 23.4 Å². The maximum atomic E-state index is 13.4. The number of benzene rings is 1. The Balaban J connectivity index is 1.56. The van der Waals surface area contributed by atoms with Gasteiger partial charge in [-0.1, -0.05) is 11.6 Å². The molecule has 0 bridgehead atoms. The molecule has 0 radical (unpaired) electrons. The summed E-state index contributed by atoms with van der Waals surface area (Å²) in [6.07, 6.45) is 4.86. The molecule has 1 aromatic heterocycles. The van der Waals surface area contributed by atoms with Crippen LogP contribution < -0.4 is 9.47 Å². The fraction of sp³-hybridized carbons (Fsp3) is 0.500. The first kappa shape index (κ1) is 25.3. The van der Waals surface area contributed by atoms with E-state index in [9.17, 15) is 9.59 Å². The zero-order valence-electron chi connectivity index (χ0n) is 20.3. The van der Waals surface area contributed by atoms with Crippen molar-refractivity contribution in [2.45, 2.75) is 38.2 Å². The summed E-state index contributed by atoms with van der Waals surface area (Å²) in [4.78, 5) is 34.4. The zero-order valence-corrected chi connectivity index (χ0v) is 21.1. The zero-order chi connectivity index (χ0) is 24.8. The number of piperidine rings is 1. The van der Waals surface area contributed by atoms with Gasteiger partial charge in [-0.3, -0.25) is 9.59 Å². The first-order chi connectivity index (χ1) is 16.9. The van der Waals surface area contributed by atoms with Gasteiger partial charge in [0.25, 0.3) is 5.91 Å². The fourth-order valence-corrected chi connectivity index (χ4v) is 4.72. The number of hydrogen-bond donors (Lipinski definition) is 0. The third-order valence-corrected chi connectivity index (χ3v) is 6.97. The summed E-state index contributed by atoms with van der Waals surface area (Å²) in [6, 6.07) is 8.83. The third kappa shape index (κ3) is 6.05. The van der Waals surface area contributed by atoms with E-state index in [1.807, 2.05) is 17.9 Å². The summed E-state index contributed by atoms with van der Waals surface area (Å²) >= 11 is 6.16. The minimum atomic E-state index is -0.981. The van der Waals surface area contributed by atoms with Crippen molar-refractivity contribution in [3.8, 4) is 11.6 Å². The molecule has 1 atom stereocenters. The number of carbonyl (C=O) groups is 2. The SMILES string of the molecule is COc1ncccc1C(=O)N1CCO[C@@](COc2ccc(Cl)c(C)c2)(CC(=O)N2CCCCC2)C1. The molecular formula is C26H32ClN3O5. The van der Waals surface area contributed by atoms with Crippen LogP contribution in [0.4, 0.5) is 0 Å². The van der Waals surface area contributed by atoms with E-state index < -0.39 is 5.60 Å². The van der Waals surface area contributed by atoms with E-state index in [4.69, 9.17) is 25.8 Å². The molecule has 188 valence electrons. The molecule has 3 heterocycles. The van der Waals surface area contributed by atoms with Crippen molar-refractivity contribution in [2.24, 2.45) is 0 Å². The summed E-state index contributed by atoms with van der Waals surface area (Å²) in [5, 5.41) is 0.656. The van der Waals surface area contributed by atoms with Gasteiger partial charge >= 0.3 is 0 Å². The molecule has 0 aliphatic carbocycles. The molecule has 0 saturated carbocycles. The molecular weight excluding hydrogens is 470 g/mol. The predicted octanol–water partition coefficient (Wildman–Crippen LogP) is 3.74. The first-order valence-corrected chi connectivity index (χ1v) is 12.4. The number of nitrogens with zero attached hydrogens (tertiary/aromatic N) is 3. The number of morpholine rings is 1. The first-order valence-electron chi connectivity index (χ1n) is 12.0. The Morgan fingerprint density at radius 1 is 1.14 bits per heavy atom. The van der Waals surface area contributed by atoms with Gasteiger partial charge in [0.1, 0.15) is 23.5 Å². The van der Waals surface area contributed by atoms with E-state index in [1.54, 1.807) is 35.4 Å². The minimum absolute atomic E-state index is 0.0221. The second-order valence-corrected chi connectivity index (χ2v) is 9.54. The largest absolute Gasteiger partial charge is 0.490 e. The van der Waals surface area contributed by atoms with Gasteiger partial charge in [0.05, 0.1) is 26.7 Å². The Morgan fingerprint density at radius 3 is 2.69 bits per heavy atom. The van der Waals surface area contributed by atoms with Crippen molar-refractivity contribution in [3.05, 3.63) is 52.7 Å². The molecule has 2 fully saturated rings. The number of rotatable bonds is 7. The van der Waals surface area contributed by atoms with Gasteiger partial charge in [-0.15, -0.1) is 0 Å². The molecule has 2 aliphatic rings. The van der Waals surface area contributed by atoms with Gasteiger partial charge in [0.2, 0.25) is 11.8 Å². The van der Waals surface area contributed by atoms with Crippen molar-refractivity contribution < 1.29 is 23.8 Å². The van der Waals surface area contributed by atoms with Gasteiger partial charge in [-0.2, -0.15) is 0 Å². The molecule has 2 saturated heterocycles. The Hall–Kier alpha value is -2.84. The molecule has 0 N–H and O–H groups in total. The van der Waals surface area contributed by atoms with Crippen LogP contribution in [0.1, 0.15) is 41.6 Å². The highest BCUT2D eigenvalue weighted by atomic mass is 35.5. The topological polar surface area (TPSA) is 81.2 Å². The summed E-state index contributed by atoms with van der Waals surface area (Å²) in [7, 11) is 1.49. The highest BCUT2D eigenvalue weighted by Gasteiger charge is 2.43. The van der Waals surface area contributed by atoms with Gasteiger partial charge in [-0.25, -0.2) is 4.98 Å². The second-order valence-electron chi connectivity index (χ2n) is 9.14. The smallest absolute Gasteiger partial charge is 0.259 e. The number of aryl methyl sites for hydroxylation is 1. The molecule has 2 amide bonds. The second kappa shape index (κ2) is 11.3. The number of aromatic nitrogens is 1. The third-order valence-electron chi connectivity index (χ3n) is 6.54. The molecule has 1 aromatic carbocycles. The number of halogens is 1. The summed E-state index contributed by atoms with van der Waals surface area (Å²) in [5.41, 5.74) is 0.292. The lowest BCUT2D eigenvalue weighted by molar-refractivity contribution is -0.153. The Bertz CT molecular complexity index is 1060. The molecule has 35 heavy (non-hydrogen) atoms. The molecule has 4 rings (SSSR count). The molecule has 0 spiro atoms. The van der Waals surface area contributed by atoms with Crippen LogP contribution in [0.5, 0.6) is 11.6 Å². The quantitative estimate of drug-likeness (QED) is 0.575. The number of methoxy groups -OCH3 is 1. The van der Waals surface area contributed by atoms with E-state index in [-0.39, 0.29) is 37.3 Å². The van der Waals surface area contributed by atoms with Gasteiger partial charge < -0.3 is 24.0 Å². The summed E-state index contributed by atoms with van der Waals surface area (Å²) < 4.78 is 17.7. The Kier molecular flexibility index (Phi) is 8.13. The van der Waals surface area contributed by atoms with Crippen LogP contribution >= 0.6 is 11.6 Å². The average Bonchev–Trinajstić information content (AvgIpc) is 2.89. The number of ether oxygens (including phenoxy) is 3. The number of carbonyl (C=O) groups excluding carboxylic acids is 2. The highest BCUT2D eigenvalue weighted by molar-refractivity contribution is 6.31. The highest BCUT2D eigenvalue weighted by Crippen LogP contribution is 2.29. The van der Waals surface area contributed by atoms with Crippen LogP contribution in [-0.4, -0.2) is 78.7 Å². The Labute approximate surface area is 211 Å². The van der Waals surface area contributed by atoms with Crippen LogP contribution in [-0.2, 0) is 9.53 Å². The van der Waals surface area contributed by atoms with E-state index >= 15 is 0 Å². The number of hydrogen-bond acceptors (Lipinski definition) is 6. The van der Waals surface area contributed by atoms with E-state index in [0.29, 0.717) is 29.5 Å². The average molecular weight is 502 g/mol. The fourth-order valence-electron chi connectivity index (χ4n) is 4.60. The van der Waals surface area contributed by atoms with Crippen molar-refractivity contribution in [2.75, 3.05) is 46.5 Å². The molecule has 8 nitrogen and oxygen atoms in total.